The van der Waals surface area contributed by atoms with Gasteiger partial charge in [-0.05, 0) is 74.6 Å². The fourth-order valence-corrected chi connectivity index (χ4v) is 4.46. The van der Waals surface area contributed by atoms with Crippen LogP contribution in [-0.4, -0.2) is 25.5 Å². The molecule has 1 N–H and O–H groups in total. The molecule has 2 heterocycles. The Morgan fingerprint density at radius 3 is 2.74 bits per heavy atom. The predicted molar refractivity (Wildman–Crippen MR) is 109 cm³/mol. The maximum atomic E-state index is 6.15. The summed E-state index contributed by atoms with van der Waals surface area (Å²) in [5.41, 5.74) is 1.71. The topological polar surface area (TPSA) is 39.7 Å². The molecule has 4 nitrogen and oxygen atoms in total. The van der Waals surface area contributed by atoms with Gasteiger partial charge in [0.15, 0.2) is 11.5 Å². The average Bonchev–Trinajstić information content (AvgIpc) is 3.12. The summed E-state index contributed by atoms with van der Waals surface area (Å²) >= 11 is 0. The van der Waals surface area contributed by atoms with Crippen molar-refractivity contribution in [3.8, 4) is 11.5 Å². The van der Waals surface area contributed by atoms with Crippen molar-refractivity contribution in [2.75, 3.05) is 19.9 Å². The summed E-state index contributed by atoms with van der Waals surface area (Å²) in [6.07, 6.45) is 7.33. The number of rotatable bonds is 9. The van der Waals surface area contributed by atoms with Gasteiger partial charge in [0, 0.05) is 13.2 Å². The summed E-state index contributed by atoms with van der Waals surface area (Å²) in [7, 11) is 0. The fourth-order valence-electron chi connectivity index (χ4n) is 4.46. The molecule has 2 aliphatic heterocycles. The summed E-state index contributed by atoms with van der Waals surface area (Å²) in [4.78, 5) is 0. The van der Waals surface area contributed by atoms with Crippen molar-refractivity contribution >= 4 is 0 Å². The Labute approximate surface area is 165 Å². The van der Waals surface area contributed by atoms with Crippen molar-refractivity contribution in [1.29, 1.82) is 0 Å². The van der Waals surface area contributed by atoms with Gasteiger partial charge in [0.1, 0.15) is 0 Å². The Morgan fingerprint density at radius 1 is 1.15 bits per heavy atom. The second kappa shape index (κ2) is 8.83. The second-order valence-electron chi connectivity index (χ2n) is 9.13. The van der Waals surface area contributed by atoms with E-state index in [2.05, 4.69) is 45.1 Å². The van der Waals surface area contributed by atoms with Crippen LogP contribution in [0, 0.1) is 11.3 Å². The normalized spacial score (nSPS) is 27.3. The largest absolute Gasteiger partial charge is 0.454 e. The molecule has 1 saturated heterocycles. The van der Waals surface area contributed by atoms with Crippen LogP contribution in [0.1, 0.15) is 71.8 Å². The van der Waals surface area contributed by atoms with Crippen molar-refractivity contribution in [1.82, 2.24) is 5.32 Å². The molecule has 0 amide bonds. The minimum Gasteiger partial charge on any atom is -0.454 e. The van der Waals surface area contributed by atoms with Gasteiger partial charge in [-0.3, -0.25) is 0 Å². The molecule has 152 valence electrons. The highest BCUT2D eigenvalue weighted by Crippen LogP contribution is 2.46. The average molecular weight is 376 g/mol. The van der Waals surface area contributed by atoms with Crippen LogP contribution in [0.4, 0.5) is 0 Å². The van der Waals surface area contributed by atoms with Gasteiger partial charge in [-0.2, -0.15) is 0 Å². The van der Waals surface area contributed by atoms with E-state index in [4.69, 9.17) is 14.2 Å². The molecule has 27 heavy (non-hydrogen) atoms. The standard InChI is InChI=1S/C23H37NO3/c1-5-22(4)16-23(11-13-27-22,9-8-18(2)3)10-12-24-15-19-6-7-20-21(14-19)26-17-25-20/h6-7,14,18,24H,5,8-13,15-17H2,1-4H3/t22-,23-/m1/s1. The van der Waals surface area contributed by atoms with E-state index in [-0.39, 0.29) is 5.60 Å². The fraction of sp³-hybridized carbons (Fsp3) is 0.739. The van der Waals surface area contributed by atoms with Crippen molar-refractivity contribution in [2.24, 2.45) is 11.3 Å². The lowest BCUT2D eigenvalue weighted by molar-refractivity contribution is -0.122. The summed E-state index contributed by atoms with van der Waals surface area (Å²) in [6, 6.07) is 6.22. The van der Waals surface area contributed by atoms with Gasteiger partial charge in [0.25, 0.3) is 0 Å². The van der Waals surface area contributed by atoms with E-state index in [9.17, 15) is 0 Å². The summed E-state index contributed by atoms with van der Waals surface area (Å²) in [5, 5.41) is 3.66. The smallest absolute Gasteiger partial charge is 0.231 e. The van der Waals surface area contributed by atoms with E-state index in [1.807, 2.05) is 6.07 Å². The van der Waals surface area contributed by atoms with Crippen LogP contribution in [0.2, 0.25) is 0 Å². The molecule has 1 fully saturated rings. The number of hydrogen-bond donors (Lipinski definition) is 1. The zero-order valence-corrected chi connectivity index (χ0v) is 17.6. The first kappa shape index (κ1) is 20.5. The van der Waals surface area contributed by atoms with E-state index in [0.29, 0.717) is 12.2 Å². The molecule has 0 spiro atoms. The Balaban J connectivity index is 1.54. The van der Waals surface area contributed by atoms with Crippen molar-refractivity contribution in [3.05, 3.63) is 23.8 Å². The minimum atomic E-state index is 0.0482. The lowest BCUT2D eigenvalue weighted by Gasteiger charge is -2.47. The first-order valence-electron chi connectivity index (χ1n) is 10.7. The minimum absolute atomic E-state index is 0.0482. The molecule has 0 radical (unpaired) electrons. The molecule has 2 atom stereocenters. The van der Waals surface area contributed by atoms with E-state index in [0.717, 1.165) is 43.5 Å². The maximum Gasteiger partial charge on any atom is 0.231 e. The molecule has 0 bridgehead atoms. The molecule has 1 aromatic carbocycles. The summed E-state index contributed by atoms with van der Waals surface area (Å²) in [6.45, 7) is 12.4. The lowest BCUT2D eigenvalue weighted by atomic mass is 9.67. The number of ether oxygens (including phenoxy) is 3. The van der Waals surface area contributed by atoms with E-state index >= 15 is 0 Å². The molecule has 0 unspecified atom stereocenters. The van der Waals surface area contributed by atoms with Crippen molar-refractivity contribution in [3.63, 3.8) is 0 Å². The Kier molecular flexibility index (Phi) is 6.69. The van der Waals surface area contributed by atoms with E-state index < -0.39 is 0 Å². The molecule has 4 heteroatoms. The van der Waals surface area contributed by atoms with Crippen LogP contribution < -0.4 is 14.8 Å². The number of fused-ring (bicyclic) bond motifs is 1. The summed E-state index contributed by atoms with van der Waals surface area (Å²) < 4.78 is 17.0. The van der Waals surface area contributed by atoms with Gasteiger partial charge in [0.2, 0.25) is 6.79 Å². The zero-order chi connectivity index (χ0) is 19.3. The molecular formula is C23H37NO3. The monoisotopic (exact) mass is 375 g/mol. The van der Waals surface area contributed by atoms with Gasteiger partial charge in [-0.25, -0.2) is 0 Å². The van der Waals surface area contributed by atoms with Crippen LogP contribution >= 0.6 is 0 Å². The highest BCUT2D eigenvalue weighted by atomic mass is 16.7. The third kappa shape index (κ3) is 5.39. The van der Waals surface area contributed by atoms with Crippen LogP contribution in [0.25, 0.3) is 0 Å². The Hall–Kier alpha value is -1.26. The highest BCUT2D eigenvalue weighted by molar-refractivity contribution is 5.44. The molecule has 0 aliphatic carbocycles. The molecule has 2 aliphatic rings. The predicted octanol–water partition coefficient (Wildman–Crippen LogP) is 5.30. The SMILES string of the molecule is CC[C@]1(C)C[C@@](CCNCc2ccc3c(c2)OCO3)(CCC(C)C)CCO1. The molecule has 0 aromatic heterocycles. The van der Waals surface area contributed by atoms with Crippen molar-refractivity contribution < 1.29 is 14.2 Å². The van der Waals surface area contributed by atoms with Crippen LogP contribution in [0.15, 0.2) is 18.2 Å². The van der Waals surface area contributed by atoms with Gasteiger partial charge >= 0.3 is 0 Å². The quantitative estimate of drug-likeness (QED) is 0.595. The highest BCUT2D eigenvalue weighted by Gasteiger charge is 2.41. The number of hydrogen-bond acceptors (Lipinski definition) is 4. The van der Waals surface area contributed by atoms with Crippen LogP contribution in [0.3, 0.4) is 0 Å². The lowest BCUT2D eigenvalue weighted by Crippen LogP contribution is -2.44. The Bertz CT molecular complexity index is 618. The zero-order valence-electron chi connectivity index (χ0n) is 17.6. The van der Waals surface area contributed by atoms with Gasteiger partial charge in [-0.1, -0.05) is 33.3 Å². The third-order valence-electron chi connectivity index (χ3n) is 6.43. The van der Waals surface area contributed by atoms with Crippen LogP contribution in [-0.2, 0) is 11.3 Å². The molecule has 1 aromatic rings. The molecule has 0 saturated carbocycles. The maximum absolute atomic E-state index is 6.15. The van der Waals surface area contributed by atoms with Crippen LogP contribution in [0.5, 0.6) is 11.5 Å². The summed E-state index contributed by atoms with van der Waals surface area (Å²) in [5.74, 6) is 2.48. The van der Waals surface area contributed by atoms with E-state index in [1.165, 1.54) is 37.7 Å². The van der Waals surface area contributed by atoms with E-state index in [1.54, 1.807) is 0 Å². The third-order valence-corrected chi connectivity index (χ3v) is 6.43. The first-order chi connectivity index (χ1) is 12.9. The van der Waals surface area contributed by atoms with Crippen molar-refractivity contribution in [2.45, 2.75) is 78.4 Å². The Morgan fingerprint density at radius 2 is 1.96 bits per heavy atom. The molecular weight excluding hydrogens is 338 g/mol. The number of nitrogens with one attached hydrogen (secondary N) is 1. The van der Waals surface area contributed by atoms with Gasteiger partial charge in [-0.15, -0.1) is 0 Å². The van der Waals surface area contributed by atoms with Gasteiger partial charge < -0.3 is 19.5 Å². The first-order valence-corrected chi connectivity index (χ1v) is 10.7. The van der Waals surface area contributed by atoms with Gasteiger partial charge in [0.05, 0.1) is 5.60 Å². The number of benzene rings is 1. The second-order valence-corrected chi connectivity index (χ2v) is 9.13. The molecule has 3 rings (SSSR count).